The molecule has 0 amide bonds. The Morgan fingerprint density at radius 3 is 2.57 bits per heavy atom. The van der Waals surface area contributed by atoms with Gasteiger partial charge in [0.25, 0.3) is 0 Å². The first-order valence-electron chi connectivity index (χ1n) is 2.51. The van der Waals surface area contributed by atoms with E-state index < -0.39 is 11.0 Å². The third kappa shape index (κ3) is 1.57. The molecule has 3 heteroatoms. The van der Waals surface area contributed by atoms with Gasteiger partial charge in [0.15, 0.2) is 0 Å². The van der Waals surface area contributed by atoms with E-state index in [9.17, 15) is 4.21 Å². The maximum absolute atomic E-state index is 10.5. The zero-order chi connectivity index (χ0) is 5.11. The molecule has 1 aliphatic rings. The topological polar surface area (TPSA) is 29.1 Å². The highest BCUT2D eigenvalue weighted by atomic mass is 32.2. The maximum atomic E-state index is 10.5. The van der Waals surface area contributed by atoms with Gasteiger partial charge in [-0.2, -0.15) is 0 Å². The van der Waals surface area contributed by atoms with Crippen LogP contribution in [0.3, 0.4) is 0 Å². The van der Waals surface area contributed by atoms with E-state index in [0.29, 0.717) is 0 Å². The van der Waals surface area contributed by atoms with Crippen LogP contribution in [0.2, 0.25) is 0 Å². The minimum Gasteiger partial charge on any atom is -0.243 e. The average Bonchev–Trinajstić information content (AvgIpc) is 1.69. The summed E-state index contributed by atoms with van der Waals surface area (Å²) < 4.78 is 13.3. The molecule has 0 bridgehead atoms. The molecule has 7 heavy (non-hydrogen) atoms. The minimum absolute atomic E-state index is 0.690. The van der Waals surface area contributed by atoms with Crippen molar-refractivity contribution >= 4 is 11.0 Å². The molecule has 1 fully saturated rings. The van der Waals surface area contributed by atoms with E-state index in [-0.39, 0.29) is 0 Å². The van der Waals surface area contributed by atoms with E-state index in [0.717, 1.165) is 18.7 Å². The molecule has 1 unspecified atom stereocenters. The molecule has 0 aromatic carbocycles. The van der Waals surface area contributed by atoms with Gasteiger partial charge in [0.2, 0.25) is 0 Å². The van der Waals surface area contributed by atoms with E-state index in [1.54, 1.807) is 0 Å². The van der Waals surface area contributed by atoms with Crippen molar-refractivity contribution in [3.8, 4) is 0 Å². The predicted molar refractivity (Wildman–Crippen MR) is 30.2 cm³/mol. The summed E-state index contributed by atoms with van der Waals surface area (Å²) in [5, 5.41) is 0. The van der Waals surface area contributed by atoms with Crippen LogP contribution >= 0.6 is 0 Å². The summed E-state index contributed by atoms with van der Waals surface area (Å²) in [7, 11) is -0.690. The smallest absolute Gasteiger partial charge is 0.0915 e. The summed E-state index contributed by atoms with van der Waals surface area (Å²) in [4.78, 5) is 0. The summed E-state index contributed by atoms with van der Waals surface area (Å²) in [6.45, 7) is 0.937. The Kier molecular flexibility index (Phi) is 1.82. The van der Waals surface area contributed by atoms with Crippen LogP contribution in [-0.2, 0) is 11.0 Å². The molecular weight excluding hydrogens is 110 g/mol. The second-order valence-electron chi connectivity index (χ2n) is 1.65. The Morgan fingerprint density at radius 2 is 2.29 bits per heavy atom. The van der Waals surface area contributed by atoms with Crippen LogP contribution < -0.4 is 4.72 Å². The Balaban J connectivity index is 2.25. The highest BCUT2D eigenvalue weighted by Crippen LogP contribution is 1.95. The molecule has 0 saturated carbocycles. The highest BCUT2D eigenvalue weighted by Gasteiger charge is 2.02. The standard InChI is InChI=1S/C4H9NOS/c6-7-4-2-1-3-5-7/h5H,1-4H2. The lowest BCUT2D eigenvalue weighted by atomic mass is 10.3. The van der Waals surface area contributed by atoms with Crippen molar-refractivity contribution in [1.82, 2.24) is 4.72 Å². The first kappa shape index (κ1) is 5.25. The molecule has 0 radical (unpaired) electrons. The van der Waals surface area contributed by atoms with Crippen molar-refractivity contribution in [1.29, 1.82) is 0 Å². The zero-order valence-electron chi connectivity index (χ0n) is 4.14. The van der Waals surface area contributed by atoms with Crippen LogP contribution in [0.15, 0.2) is 0 Å². The van der Waals surface area contributed by atoms with Crippen molar-refractivity contribution in [3.05, 3.63) is 0 Å². The molecule has 0 aromatic heterocycles. The molecule has 42 valence electrons. The second kappa shape index (κ2) is 2.43. The van der Waals surface area contributed by atoms with Crippen molar-refractivity contribution < 1.29 is 4.21 Å². The Bertz CT molecular complexity index is 75.8. The molecule has 1 N–H and O–H groups in total. The lowest BCUT2D eigenvalue weighted by Gasteiger charge is -2.08. The first-order chi connectivity index (χ1) is 3.39. The SMILES string of the molecule is O=S1CCCCN1. The Morgan fingerprint density at radius 1 is 1.43 bits per heavy atom. The first-order valence-corrected chi connectivity index (χ1v) is 3.83. The number of hydrogen-bond donors (Lipinski definition) is 1. The predicted octanol–water partition coefficient (Wildman–Crippen LogP) is 0.0335. The van der Waals surface area contributed by atoms with E-state index in [4.69, 9.17) is 0 Å². The van der Waals surface area contributed by atoms with Gasteiger partial charge in [-0.1, -0.05) is 0 Å². The molecule has 1 rings (SSSR count). The lowest BCUT2D eigenvalue weighted by Crippen LogP contribution is -2.25. The van der Waals surface area contributed by atoms with Crippen LogP contribution in [0.25, 0.3) is 0 Å². The summed E-state index contributed by atoms with van der Waals surface area (Å²) in [5.41, 5.74) is 0. The van der Waals surface area contributed by atoms with Crippen LogP contribution in [0.1, 0.15) is 12.8 Å². The van der Waals surface area contributed by atoms with Gasteiger partial charge in [-0.3, -0.25) is 0 Å². The molecule has 1 aliphatic heterocycles. The molecular formula is C4H9NOS. The van der Waals surface area contributed by atoms with Crippen molar-refractivity contribution in [3.63, 3.8) is 0 Å². The Labute approximate surface area is 45.9 Å². The van der Waals surface area contributed by atoms with Crippen LogP contribution in [0, 0.1) is 0 Å². The van der Waals surface area contributed by atoms with E-state index in [1.807, 2.05) is 0 Å². The third-order valence-corrected chi connectivity index (χ3v) is 2.21. The third-order valence-electron chi connectivity index (χ3n) is 1.02. The maximum Gasteiger partial charge on any atom is 0.0915 e. The van der Waals surface area contributed by atoms with Crippen LogP contribution in [-0.4, -0.2) is 16.5 Å². The number of hydrogen-bond acceptors (Lipinski definition) is 1. The van der Waals surface area contributed by atoms with Crippen molar-refractivity contribution in [2.45, 2.75) is 12.8 Å². The van der Waals surface area contributed by atoms with Gasteiger partial charge in [-0.25, -0.2) is 8.93 Å². The monoisotopic (exact) mass is 119 g/mol. The van der Waals surface area contributed by atoms with Crippen molar-refractivity contribution in [2.75, 3.05) is 12.3 Å². The summed E-state index contributed by atoms with van der Waals surface area (Å²) in [6, 6.07) is 0. The summed E-state index contributed by atoms with van der Waals surface area (Å²) in [5.74, 6) is 0.847. The van der Waals surface area contributed by atoms with E-state index in [2.05, 4.69) is 4.72 Å². The summed E-state index contributed by atoms with van der Waals surface area (Å²) in [6.07, 6.45) is 2.31. The number of rotatable bonds is 0. The second-order valence-corrected chi connectivity index (χ2v) is 3.04. The highest BCUT2D eigenvalue weighted by molar-refractivity contribution is 7.83. The lowest BCUT2D eigenvalue weighted by molar-refractivity contribution is 0.645. The molecule has 0 aromatic rings. The summed E-state index contributed by atoms with van der Waals surface area (Å²) >= 11 is 0. The Hall–Kier alpha value is 0.110. The molecule has 1 saturated heterocycles. The van der Waals surface area contributed by atoms with E-state index in [1.165, 1.54) is 6.42 Å². The van der Waals surface area contributed by atoms with Gasteiger partial charge >= 0.3 is 0 Å². The van der Waals surface area contributed by atoms with E-state index >= 15 is 0 Å². The fourth-order valence-electron chi connectivity index (χ4n) is 0.616. The van der Waals surface area contributed by atoms with Gasteiger partial charge in [-0.05, 0) is 12.8 Å². The minimum atomic E-state index is -0.690. The van der Waals surface area contributed by atoms with Crippen LogP contribution in [0.4, 0.5) is 0 Å². The largest absolute Gasteiger partial charge is 0.243 e. The fraction of sp³-hybridized carbons (Fsp3) is 1.00. The average molecular weight is 119 g/mol. The van der Waals surface area contributed by atoms with Gasteiger partial charge in [-0.15, -0.1) is 0 Å². The normalized spacial score (nSPS) is 32.9. The van der Waals surface area contributed by atoms with Crippen LogP contribution in [0.5, 0.6) is 0 Å². The van der Waals surface area contributed by atoms with Gasteiger partial charge in [0.05, 0.1) is 11.0 Å². The molecule has 1 atom stereocenters. The van der Waals surface area contributed by atoms with Gasteiger partial charge in [0, 0.05) is 12.3 Å². The zero-order valence-corrected chi connectivity index (χ0v) is 4.96. The molecule has 1 heterocycles. The van der Waals surface area contributed by atoms with Gasteiger partial charge < -0.3 is 0 Å². The van der Waals surface area contributed by atoms with Crippen molar-refractivity contribution in [2.24, 2.45) is 0 Å². The fourth-order valence-corrected chi connectivity index (χ4v) is 1.60. The molecule has 0 aliphatic carbocycles. The van der Waals surface area contributed by atoms with Gasteiger partial charge in [0.1, 0.15) is 0 Å². The molecule has 2 nitrogen and oxygen atoms in total. The molecule has 0 spiro atoms. The quantitative estimate of drug-likeness (QED) is 0.479. The number of nitrogens with one attached hydrogen (secondary N) is 1.